The van der Waals surface area contributed by atoms with E-state index in [1.54, 1.807) is 0 Å². The predicted octanol–water partition coefficient (Wildman–Crippen LogP) is 1.05. The number of carbonyl (C=O) groups is 1. The summed E-state index contributed by atoms with van der Waals surface area (Å²) in [5.74, 6) is 2.70. The lowest BCUT2D eigenvalue weighted by Gasteiger charge is -2.24. The number of terminal acetylenes is 1. The number of nitrogens with one attached hydrogen (secondary N) is 2. The Morgan fingerprint density at radius 1 is 1.67 bits per heavy atom. The van der Waals surface area contributed by atoms with Gasteiger partial charge in [-0.2, -0.15) is 0 Å². The first-order valence-corrected chi connectivity index (χ1v) is 5.75. The van der Waals surface area contributed by atoms with Crippen LogP contribution in [0.15, 0.2) is 0 Å². The zero-order chi connectivity index (χ0) is 11.1. The van der Waals surface area contributed by atoms with E-state index in [1.807, 2.05) is 6.92 Å². The van der Waals surface area contributed by atoms with Crippen molar-refractivity contribution in [3.05, 3.63) is 0 Å². The number of rotatable bonds is 4. The molecule has 0 aromatic rings. The van der Waals surface area contributed by atoms with E-state index in [4.69, 9.17) is 6.42 Å². The standard InChI is InChI=1S/C12H20N2O/c1-3-7-10(4-2)14-12(15)11-8-5-6-9-13-11/h1,10-11,13H,4-9H2,2H3,(H,14,15)/t10?,11-/m0/s1. The van der Waals surface area contributed by atoms with Crippen molar-refractivity contribution >= 4 is 5.91 Å². The second-order valence-corrected chi connectivity index (χ2v) is 4.02. The van der Waals surface area contributed by atoms with E-state index in [9.17, 15) is 4.79 Å². The van der Waals surface area contributed by atoms with Crippen molar-refractivity contribution < 1.29 is 4.79 Å². The lowest BCUT2D eigenvalue weighted by atomic mass is 10.0. The molecule has 0 radical (unpaired) electrons. The Labute approximate surface area is 92.0 Å². The molecule has 0 bridgehead atoms. The quantitative estimate of drug-likeness (QED) is 0.678. The van der Waals surface area contributed by atoms with Gasteiger partial charge < -0.3 is 10.6 Å². The van der Waals surface area contributed by atoms with E-state index in [2.05, 4.69) is 16.6 Å². The molecule has 2 N–H and O–H groups in total. The maximum Gasteiger partial charge on any atom is 0.237 e. The Hall–Kier alpha value is -1.01. The summed E-state index contributed by atoms with van der Waals surface area (Å²) < 4.78 is 0. The third-order valence-electron chi connectivity index (χ3n) is 2.83. The molecule has 1 fully saturated rings. The molecule has 3 heteroatoms. The number of hydrogen-bond acceptors (Lipinski definition) is 2. The minimum atomic E-state index is -0.00873. The molecule has 0 aromatic heterocycles. The fourth-order valence-electron chi connectivity index (χ4n) is 1.82. The van der Waals surface area contributed by atoms with Crippen LogP contribution in [-0.2, 0) is 4.79 Å². The van der Waals surface area contributed by atoms with E-state index < -0.39 is 0 Å². The van der Waals surface area contributed by atoms with E-state index in [0.717, 1.165) is 25.8 Å². The molecule has 1 rings (SSSR count). The highest BCUT2D eigenvalue weighted by atomic mass is 16.2. The van der Waals surface area contributed by atoms with E-state index in [-0.39, 0.29) is 18.0 Å². The van der Waals surface area contributed by atoms with Gasteiger partial charge in [-0.3, -0.25) is 4.79 Å². The van der Waals surface area contributed by atoms with Gasteiger partial charge in [-0.25, -0.2) is 0 Å². The van der Waals surface area contributed by atoms with Crippen LogP contribution in [0.1, 0.15) is 39.0 Å². The third-order valence-corrected chi connectivity index (χ3v) is 2.83. The van der Waals surface area contributed by atoms with Gasteiger partial charge in [0.15, 0.2) is 0 Å². The fraction of sp³-hybridized carbons (Fsp3) is 0.750. The van der Waals surface area contributed by atoms with Crippen molar-refractivity contribution in [1.29, 1.82) is 0 Å². The van der Waals surface area contributed by atoms with Crippen LogP contribution in [0.4, 0.5) is 0 Å². The van der Waals surface area contributed by atoms with Gasteiger partial charge in [0.2, 0.25) is 5.91 Å². The SMILES string of the molecule is C#CCC(CC)NC(=O)[C@@H]1CCCCN1. The van der Waals surface area contributed by atoms with Crippen molar-refractivity contribution in [3.8, 4) is 12.3 Å². The zero-order valence-corrected chi connectivity index (χ0v) is 9.38. The molecule has 2 atom stereocenters. The lowest BCUT2D eigenvalue weighted by Crippen LogP contribution is -2.49. The molecule has 3 nitrogen and oxygen atoms in total. The zero-order valence-electron chi connectivity index (χ0n) is 9.38. The fourth-order valence-corrected chi connectivity index (χ4v) is 1.82. The highest BCUT2D eigenvalue weighted by molar-refractivity contribution is 5.82. The van der Waals surface area contributed by atoms with Gasteiger partial charge in [-0.05, 0) is 25.8 Å². The Bertz CT molecular complexity index is 238. The van der Waals surface area contributed by atoms with Crippen LogP contribution in [-0.4, -0.2) is 24.5 Å². The van der Waals surface area contributed by atoms with Crippen LogP contribution in [0.3, 0.4) is 0 Å². The average molecular weight is 208 g/mol. The second-order valence-electron chi connectivity index (χ2n) is 4.02. The molecule has 15 heavy (non-hydrogen) atoms. The Morgan fingerprint density at radius 2 is 2.47 bits per heavy atom. The van der Waals surface area contributed by atoms with Crippen molar-refractivity contribution in [2.45, 2.75) is 51.1 Å². The van der Waals surface area contributed by atoms with Crippen LogP contribution in [0.25, 0.3) is 0 Å². The summed E-state index contributed by atoms with van der Waals surface area (Å²) in [7, 11) is 0. The summed E-state index contributed by atoms with van der Waals surface area (Å²) in [5.41, 5.74) is 0. The van der Waals surface area contributed by atoms with Crippen LogP contribution in [0.2, 0.25) is 0 Å². The minimum absolute atomic E-state index is 0.00873. The van der Waals surface area contributed by atoms with Gasteiger partial charge in [0, 0.05) is 12.5 Å². The molecule has 84 valence electrons. The summed E-state index contributed by atoms with van der Waals surface area (Å²) in [6, 6.07) is 0.122. The number of amides is 1. The van der Waals surface area contributed by atoms with Gasteiger partial charge >= 0.3 is 0 Å². The first-order chi connectivity index (χ1) is 7.27. The third kappa shape index (κ3) is 3.93. The topological polar surface area (TPSA) is 41.1 Å². The molecular formula is C12H20N2O. The molecule has 0 spiro atoms. The van der Waals surface area contributed by atoms with Gasteiger partial charge in [-0.1, -0.05) is 13.3 Å². The number of piperidine rings is 1. The first kappa shape index (κ1) is 12.1. The molecule has 1 aliphatic heterocycles. The van der Waals surface area contributed by atoms with Gasteiger partial charge in [0.1, 0.15) is 0 Å². The molecule has 0 saturated carbocycles. The summed E-state index contributed by atoms with van der Waals surface area (Å²) in [4.78, 5) is 11.8. The number of hydrogen-bond donors (Lipinski definition) is 2. The monoisotopic (exact) mass is 208 g/mol. The summed E-state index contributed by atoms with van der Waals surface area (Å²) in [6.45, 7) is 2.99. The minimum Gasteiger partial charge on any atom is -0.351 e. The lowest BCUT2D eigenvalue weighted by molar-refractivity contribution is -0.124. The van der Waals surface area contributed by atoms with Crippen LogP contribution < -0.4 is 10.6 Å². The number of carbonyl (C=O) groups excluding carboxylic acids is 1. The predicted molar refractivity (Wildman–Crippen MR) is 61.3 cm³/mol. The molecule has 1 aliphatic rings. The summed E-state index contributed by atoms with van der Waals surface area (Å²) in [6.07, 6.45) is 10.0. The first-order valence-electron chi connectivity index (χ1n) is 5.75. The van der Waals surface area contributed by atoms with Gasteiger partial charge in [0.05, 0.1) is 6.04 Å². The largest absolute Gasteiger partial charge is 0.351 e. The molecular weight excluding hydrogens is 188 g/mol. The molecule has 1 heterocycles. The van der Waals surface area contributed by atoms with Gasteiger partial charge in [-0.15, -0.1) is 12.3 Å². The van der Waals surface area contributed by atoms with Crippen molar-refractivity contribution in [1.82, 2.24) is 10.6 Å². The van der Waals surface area contributed by atoms with E-state index >= 15 is 0 Å². The summed E-state index contributed by atoms with van der Waals surface area (Å²) in [5, 5.41) is 6.22. The Morgan fingerprint density at radius 3 is 3.00 bits per heavy atom. The molecule has 0 aliphatic carbocycles. The molecule has 1 unspecified atom stereocenters. The van der Waals surface area contributed by atoms with Crippen LogP contribution in [0.5, 0.6) is 0 Å². The molecule has 1 amide bonds. The molecule has 0 aromatic carbocycles. The van der Waals surface area contributed by atoms with E-state index in [1.165, 1.54) is 6.42 Å². The highest BCUT2D eigenvalue weighted by Crippen LogP contribution is 2.07. The second kappa shape index (κ2) is 6.47. The Balaban J connectivity index is 2.35. The van der Waals surface area contributed by atoms with Gasteiger partial charge in [0.25, 0.3) is 0 Å². The summed E-state index contributed by atoms with van der Waals surface area (Å²) >= 11 is 0. The van der Waals surface area contributed by atoms with Crippen molar-refractivity contribution in [3.63, 3.8) is 0 Å². The highest BCUT2D eigenvalue weighted by Gasteiger charge is 2.21. The maximum absolute atomic E-state index is 11.8. The van der Waals surface area contributed by atoms with Crippen molar-refractivity contribution in [2.24, 2.45) is 0 Å². The van der Waals surface area contributed by atoms with Crippen LogP contribution >= 0.6 is 0 Å². The normalized spacial score (nSPS) is 22.8. The average Bonchev–Trinajstić information content (AvgIpc) is 2.29. The van der Waals surface area contributed by atoms with Crippen LogP contribution in [0, 0.1) is 12.3 Å². The smallest absolute Gasteiger partial charge is 0.237 e. The van der Waals surface area contributed by atoms with E-state index in [0.29, 0.717) is 6.42 Å². The molecule has 1 saturated heterocycles. The maximum atomic E-state index is 11.8. The Kier molecular flexibility index (Phi) is 5.20. The van der Waals surface area contributed by atoms with Crippen molar-refractivity contribution in [2.75, 3.05) is 6.54 Å².